The highest BCUT2D eigenvalue weighted by atomic mass is 19.4. The second-order valence-corrected chi connectivity index (χ2v) is 4.33. The van der Waals surface area contributed by atoms with Crippen LogP contribution in [-0.2, 0) is 6.18 Å². The predicted molar refractivity (Wildman–Crippen MR) is 68.6 cm³/mol. The lowest BCUT2D eigenvalue weighted by molar-refractivity contribution is -0.137. The summed E-state index contributed by atoms with van der Waals surface area (Å²) in [5.41, 5.74) is -1.67. The number of nitrogens with zero attached hydrogens (tertiary/aromatic N) is 1. The third-order valence-electron chi connectivity index (χ3n) is 2.71. The second kappa shape index (κ2) is 6.73. The van der Waals surface area contributed by atoms with Crippen molar-refractivity contribution in [3.05, 3.63) is 29.3 Å². The molecule has 0 radical (unpaired) electrons. The van der Waals surface area contributed by atoms with Gasteiger partial charge in [-0.05, 0) is 19.1 Å². The molecule has 0 aliphatic heterocycles. The minimum absolute atomic E-state index is 0.159. The molecule has 1 rings (SSSR count). The molecule has 0 saturated carbocycles. The maximum absolute atomic E-state index is 12.9. The van der Waals surface area contributed by atoms with Crippen molar-refractivity contribution in [2.75, 3.05) is 25.5 Å². The van der Waals surface area contributed by atoms with Gasteiger partial charge in [0, 0.05) is 13.6 Å². The Morgan fingerprint density at radius 2 is 1.95 bits per heavy atom. The van der Waals surface area contributed by atoms with Crippen LogP contribution in [0.15, 0.2) is 18.2 Å². The minimum atomic E-state index is -4.64. The molecule has 0 aliphatic rings. The van der Waals surface area contributed by atoms with E-state index in [4.69, 9.17) is 0 Å². The fraction of sp³-hybridized carbons (Fsp3) is 0.462. The highest BCUT2D eigenvalue weighted by Crippen LogP contribution is 2.37. The molecule has 21 heavy (non-hydrogen) atoms. The third kappa shape index (κ3) is 4.30. The molecule has 8 heteroatoms. The zero-order chi connectivity index (χ0) is 16.2. The average Bonchev–Trinajstić information content (AvgIpc) is 2.36. The Hall–Kier alpha value is -1.86. The van der Waals surface area contributed by atoms with Gasteiger partial charge in [0.25, 0.3) is 12.3 Å². The number of para-hydroxylation sites is 1. The van der Waals surface area contributed by atoms with E-state index in [1.807, 2.05) is 0 Å². The van der Waals surface area contributed by atoms with Crippen LogP contribution in [0, 0.1) is 0 Å². The lowest BCUT2D eigenvalue weighted by Crippen LogP contribution is -2.32. The maximum Gasteiger partial charge on any atom is 0.418 e. The van der Waals surface area contributed by atoms with Crippen molar-refractivity contribution in [2.24, 2.45) is 0 Å². The van der Waals surface area contributed by atoms with E-state index < -0.39 is 36.3 Å². The van der Waals surface area contributed by atoms with Crippen molar-refractivity contribution >= 4 is 11.6 Å². The number of carbonyl (C=O) groups excluding carboxylic acids is 1. The zero-order valence-corrected chi connectivity index (χ0v) is 11.5. The summed E-state index contributed by atoms with van der Waals surface area (Å²) < 4.78 is 63.4. The molecule has 1 aromatic rings. The summed E-state index contributed by atoms with van der Waals surface area (Å²) in [4.78, 5) is 12.7. The van der Waals surface area contributed by atoms with Crippen LogP contribution in [-0.4, -0.2) is 37.4 Å². The topological polar surface area (TPSA) is 32.3 Å². The van der Waals surface area contributed by atoms with Crippen molar-refractivity contribution in [3.63, 3.8) is 0 Å². The molecule has 118 valence electrons. The van der Waals surface area contributed by atoms with Crippen LogP contribution in [0.5, 0.6) is 0 Å². The van der Waals surface area contributed by atoms with E-state index in [0.29, 0.717) is 4.90 Å². The summed E-state index contributed by atoms with van der Waals surface area (Å²) in [6, 6.07) is 3.09. The van der Waals surface area contributed by atoms with Crippen LogP contribution in [0.3, 0.4) is 0 Å². The number of amides is 1. The molecule has 0 saturated heterocycles. The molecule has 0 atom stereocenters. The Balaban J connectivity index is 3.26. The molecule has 0 aromatic heterocycles. The fourth-order valence-corrected chi connectivity index (χ4v) is 1.83. The summed E-state index contributed by atoms with van der Waals surface area (Å²) in [6.07, 6.45) is -7.40. The van der Waals surface area contributed by atoms with Gasteiger partial charge in [0.1, 0.15) is 0 Å². The lowest BCUT2D eigenvalue weighted by atomic mass is 10.0. The highest BCUT2D eigenvalue weighted by molar-refractivity contribution is 6.00. The fourth-order valence-electron chi connectivity index (χ4n) is 1.83. The smallest absolute Gasteiger partial charge is 0.384 e. The van der Waals surface area contributed by atoms with E-state index in [0.717, 1.165) is 19.2 Å². The van der Waals surface area contributed by atoms with Crippen LogP contribution in [0.2, 0.25) is 0 Å². The van der Waals surface area contributed by atoms with E-state index >= 15 is 0 Å². The number of benzene rings is 1. The van der Waals surface area contributed by atoms with Crippen LogP contribution in [0.25, 0.3) is 0 Å². The van der Waals surface area contributed by atoms with Crippen LogP contribution < -0.4 is 5.32 Å². The number of rotatable bonds is 5. The van der Waals surface area contributed by atoms with Gasteiger partial charge >= 0.3 is 6.18 Å². The summed E-state index contributed by atoms with van der Waals surface area (Å²) in [6.45, 7) is 0.886. The Labute approximate surface area is 118 Å². The molecule has 1 aromatic carbocycles. The van der Waals surface area contributed by atoms with Crippen molar-refractivity contribution in [2.45, 2.75) is 19.5 Å². The van der Waals surface area contributed by atoms with E-state index in [-0.39, 0.29) is 12.1 Å². The van der Waals surface area contributed by atoms with Crippen LogP contribution in [0.1, 0.15) is 22.8 Å². The van der Waals surface area contributed by atoms with Crippen molar-refractivity contribution in [1.29, 1.82) is 0 Å². The first kappa shape index (κ1) is 17.2. The van der Waals surface area contributed by atoms with Crippen molar-refractivity contribution in [3.8, 4) is 0 Å². The third-order valence-corrected chi connectivity index (χ3v) is 2.71. The van der Waals surface area contributed by atoms with Gasteiger partial charge < -0.3 is 10.2 Å². The first-order valence-corrected chi connectivity index (χ1v) is 6.16. The molecule has 3 nitrogen and oxygen atoms in total. The normalized spacial score (nSPS) is 11.6. The molecule has 0 fully saturated rings. The summed E-state index contributed by atoms with van der Waals surface area (Å²) in [5.74, 6) is -0.891. The van der Waals surface area contributed by atoms with E-state index in [1.165, 1.54) is 6.07 Å². The number of halogens is 5. The molecule has 1 N–H and O–H groups in total. The van der Waals surface area contributed by atoms with Crippen LogP contribution >= 0.6 is 0 Å². The van der Waals surface area contributed by atoms with E-state index in [9.17, 15) is 26.7 Å². The summed E-state index contributed by atoms with van der Waals surface area (Å²) >= 11 is 0. The number of hydrogen-bond donors (Lipinski definition) is 1. The molecule has 0 spiro atoms. The lowest BCUT2D eigenvalue weighted by Gasteiger charge is -2.21. The molecule has 0 heterocycles. The second-order valence-electron chi connectivity index (χ2n) is 4.33. The Kier molecular flexibility index (Phi) is 5.51. The molecule has 0 bridgehead atoms. The molecule has 1 amide bonds. The molecular formula is C13H15F5N2O. The number of carbonyl (C=O) groups is 1. The Morgan fingerprint density at radius 3 is 2.43 bits per heavy atom. The first-order valence-electron chi connectivity index (χ1n) is 6.16. The highest BCUT2D eigenvalue weighted by Gasteiger charge is 2.35. The average molecular weight is 310 g/mol. The van der Waals surface area contributed by atoms with Gasteiger partial charge in [-0.1, -0.05) is 6.07 Å². The number of alkyl halides is 5. The van der Waals surface area contributed by atoms with Gasteiger partial charge in [-0.2, -0.15) is 13.2 Å². The standard InChI is InChI=1S/C13H15F5N2O/c1-3-19-11-8(12(21)20(2)7-10(14)15)5-4-6-9(11)13(16,17)18/h4-6,10,19H,3,7H2,1-2H3. The van der Waals surface area contributed by atoms with E-state index in [1.54, 1.807) is 6.92 Å². The van der Waals surface area contributed by atoms with Gasteiger partial charge in [0.15, 0.2) is 0 Å². The predicted octanol–water partition coefficient (Wildman–Crippen LogP) is 3.47. The number of anilines is 1. The largest absolute Gasteiger partial charge is 0.418 e. The van der Waals surface area contributed by atoms with Crippen molar-refractivity contribution in [1.82, 2.24) is 4.90 Å². The first-order chi connectivity index (χ1) is 9.68. The van der Waals surface area contributed by atoms with Crippen molar-refractivity contribution < 1.29 is 26.7 Å². The van der Waals surface area contributed by atoms with Gasteiger partial charge in [-0.25, -0.2) is 8.78 Å². The quantitative estimate of drug-likeness (QED) is 0.845. The molecular weight excluding hydrogens is 295 g/mol. The van der Waals surface area contributed by atoms with E-state index in [2.05, 4.69) is 5.32 Å². The Morgan fingerprint density at radius 1 is 1.33 bits per heavy atom. The zero-order valence-electron chi connectivity index (χ0n) is 11.5. The molecule has 0 unspecified atom stereocenters. The Bertz CT molecular complexity index is 502. The molecule has 0 aliphatic carbocycles. The summed E-state index contributed by atoms with van der Waals surface area (Å²) in [5, 5.41) is 2.49. The SMILES string of the molecule is CCNc1c(C(=O)N(C)CC(F)F)cccc1C(F)(F)F. The monoisotopic (exact) mass is 310 g/mol. The summed E-state index contributed by atoms with van der Waals surface area (Å²) in [7, 11) is 1.12. The van der Waals surface area contributed by atoms with Gasteiger partial charge in [0.05, 0.1) is 23.4 Å². The van der Waals surface area contributed by atoms with Gasteiger partial charge in [-0.3, -0.25) is 4.79 Å². The number of hydrogen-bond acceptors (Lipinski definition) is 2. The van der Waals surface area contributed by atoms with Gasteiger partial charge in [0.2, 0.25) is 0 Å². The van der Waals surface area contributed by atoms with Gasteiger partial charge in [-0.15, -0.1) is 0 Å². The maximum atomic E-state index is 12.9. The van der Waals surface area contributed by atoms with Crippen LogP contribution in [0.4, 0.5) is 27.6 Å². The minimum Gasteiger partial charge on any atom is -0.384 e. The number of nitrogens with one attached hydrogen (secondary N) is 1.